The van der Waals surface area contributed by atoms with E-state index in [4.69, 9.17) is 0 Å². The van der Waals surface area contributed by atoms with E-state index in [0.29, 0.717) is 17.7 Å². The van der Waals surface area contributed by atoms with E-state index >= 15 is 0 Å². The summed E-state index contributed by atoms with van der Waals surface area (Å²) in [5.74, 6) is -0.00951. The number of unbranched alkanes of at least 4 members (excludes halogenated alkanes) is 2. The van der Waals surface area contributed by atoms with E-state index in [1.807, 2.05) is 18.2 Å². The molecule has 0 fully saturated rings. The smallest absolute Gasteiger partial charge is 0.210 e. The van der Waals surface area contributed by atoms with Crippen LogP contribution in [0, 0.1) is 6.92 Å². The predicted octanol–water partition coefficient (Wildman–Crippen LogP) is 8.46. The van der Waals surface area contributed by atoms with Crippen LogP contribution >= 0.6 is 0 Å². The molecular weight excluding hydrogens is 504 g/mol. The molecule has 212 valence electrons. The second-order valence-electron chi connectivity index (χ2n) is 12.0. The molecule has 0 saturated heterocycles. The highest BCUT2D eigenvalue weighted by Gasteiger charge is 2.46. The van der Waals surface area contributed by atoms with Crippen LogP contribution in [0.2, 0.25) is 0 Å². The SMILES string of the molecule is CCCCN(CCCC)c1ccc(C2=C(O)C(=CC3=[N+](Cc4ccc(C)cc4)c4ccccc4C3(C)C)C2=O)cc1. The third-order valence-electron chi connectivity index (χ3n) is 8.59. The number of fused-ring (bicyclic) bond motifs is 1. The van der Waals surface area contributed by atoms with E-state index in [0.717, 1.165) is 55.7 Å². The Labute approximate surface area is 245 Å². The summed E-state index contributed by atoms with van der Waals surface area (Å²) in [5.41, 5.74) is 8.25. The number of ketones is 1. The number of rotatable bonds is 11. The summed E-state index contributed by atoms with van der Waals surface area (Å²) in [4.78, 5) is 15.9. The number of nitrogens with zero attached hydrogens (tertiary/aromatic N) is 2. The summed E-state index contributed by atoms with van der Waals surface area (Å²) in [6, 6.07) is 25.2. The quantitative estimate of drug-likeness (QED) is 0.193. The van der Waals surface area contributed by atoms with Crippen molar-refractivity contribution in [2.45, 2.75) is 72.3 Å². The molecule has 1 heterocycles. The summed E-state index contributed by atoms with van der Waals surface area (Å²) in [5, 5.41) is 11.2. The Morgan fingerprint density at radius 3 is 2.12 bits per heavy atom. The fourth-order valence-electron chi connectivity index (χ4n) is 6.01. The van der Waals surface area contributed by atoms with Gasteiger partial charge in [-0.1, -0.05) is 86.8 Å². The van der Waals surface area contributed by atoms with Crippen molar-refractivity contribution in [2.24, 2.45) is 0 Å². The lowest BCUT2D eigenvalue weighted by molar-refractivity contribution is -0.455. The highest BCUT2D eigenvalue weighted by Crippen LogP contribution is 2.43. The molecular formula is C37H43N2O2+. The number of hydrogen-bond acceptors (Lipinski definition) is 3. The third kappa shape index (κ3) is 5.53. The zero-order valence-corrected chi connectivity index (χ0v) is 25.2. The maximum Gasteiger partial charge on any atom is 0.210 e. The number of anilines is 1. The molecule has 0 amide bonds. The minimum absolute atomic E-state index is 0.0890. The molecule has 4 nitrogen and oxygen atoms in total. The molecule has 0 bridgehead atoms. The lowest BCUT2D eigenvalue weighted by atomic mass is 9.77. The first kappa shape index (κ1) is 28.6. The van der Waals surface area contributed by atoms with Crippen molar-refractivity contribution < 1.29 is 14.5 Å². The van der Waals surface area contributed by atoms with Gasteiger partial charge in [-0.15, -0.1) is 0 Å². The fraction of sp³-hybridized carbons (Fsp3) is 0.351. The Hall–Kier alpha value is -3.92. The number of aliphatic hydroxyl groups excluding tert-OH is 1. The molecule has 3 aromatic carbocycles. The number of aliphatic hydroxyl groups is 1. The zero-order valence-electron chi connectivity index (χ0n) is 25.2. The van der Waals surface area contributed by atoms with Gasteiger partial charge in [-0.2, -0.15) is 4.58 Å². The minimum atomic E-state index is -0.313. The van der Waals surface area contributed by atoms with Crippen LogP contribution in [0.15, 0.2) is 90.2 Å². The molecule has 5 rings (SSSR count). The molecule has 0 saturated carbocycles. The normalized spacial score (nSPS) is 16.8. The van der Waals surface area contributed by atoms with Gasteiger partial charge < -0.3 is 10.0 Å². The molecule has 1 N–H and O–H groups in total. The summed E-state index contributed by atoms with van der Waals surface area (Å²) >= 11 is 0. The monoisotopic (exact) mass is 547 g/mol. The second kappa shape index (κ2) is 11.9. The molecule has 0 unspecified atom stereocenters. The van der Waals surface area contributed by atoms with Crippen molar-refractivity contribution >= 4 is 28.4 Å². The van der Waals surface area contributed by atoms with Crippen LogP contribution in [0.25, 0.3) is 5.57 Å². The van der Waals surface area contributed by atoms with Gasteiger partial charge in [0.15, 0.2) is 12.3 Å². The fourth-order valence-corrected chi connectivity index (χ4v) is 6.01. The van der Waals surface area contributed by atoms with Crippen LogP contribution in [0.1, 0.15) is 75.6 Å². The van der Waals surface area contributed by atoms with Crippen LogP contribution < -0.4 is 4.90 Å². The standard InChI is InChI=1S/C37H42N2O2/c1-6-8-22-38(23-9-7-2)29-20-18-28(19-21-29)34-35(40)30(36(34)41)24-33-37(4,5)31-12-10-11-13-32(31)39(33)25-27-16-14-26(3)15-17-27/h10-21,24H,6-9,22-23,25H2,1-5H3/p+1. The minimum Gasteiger partial charge on any atom is -0.506 e. The average Bonchev–Trinajstić information content (AvgIpc) is 3.19. The lowest BCUT2D eigenvalue weighted by Crippen LogP contribution is -2.30. The number of carbonyl (C=O) groups is 1. The summed E-state index contributed by atoms with van der Waals surface area (Å²) < 4.78 is 2.29. The maximum absolute atomic E-state index is 13.5. The van der Waals surface area contributed by atoms with Gasteiger partial charge >= 0.3 is 0 Å². The van der Waals surface area contributed by atoms with Gasteiger partial charge in [0.2, 0.25) is 11.5 Å². The van der Waals surface area contributed by atoms with Crippen molar-refractivity contribution in [1.82, 2.24) is 0 Å². The first-order valence-corrected chi connectivity index (χ1v) is 15.1. The van der Waals surface area contributed by atoms with Gasteiger partial charge in [0.05, 0.1) is 16.6 Å². The molecule has 41 heavy (non-hydrogen) atoms. The molecule has 0 radical (unpaired) electrons. The third-order valence-corrected chi connectivity index (χ3v) is 8.59. The number of para-hydroxylation sites is 1. The molecule has 1 aliphatic heterocycles. The van der Waals surface area contributed by atoms with E-state index < -0.39 is 0 Å². The Bertz CT molecular complexity index is 1510. The lowest BCUT2D eigenvalue weighted by Gasteiger charge is -2.26. The van der Waals surface area contributed by atoms with E-state index in [1.165, 1.54) is 22.4 Å². The number of benzene rings is 3. The van der Waals surface area contributed by atoms with Crippen molar-refractivity contribution in [3.05, 3.63) is 112 Å². The van der Waals surface area contributed by atoms with E-state index in [-0.39, 0.29) is 17.0 Å². The Morgan fingerprint density at radius 2 is 1.51 bits per heavy atom. The Kier molecular flexibility index (Phi) is 8.30. The number of allylic oxidation sites excluding steroid dienone is 3. The summed E-state index contributed by atoms with van der Waals surface area (Å²) in [6.07, 6.45) is 6.55. The van der Waals surface area contributed by atoms with Gasteiger partial charge in [-0.05, 0) is 51.3 Å². The first-order chi connectivity index (χ1) is 19.8. The van der Waals surface area contributed by atoms with Gasteiger partial charge in [-0.25, -0.2) is 0 Å². The van der Waals surface area contributed by atoms with Gasteiger partial charge in [0, 0.05) is 42.0 Å². The number of hydrogen-bond donors (Lipinski definition) is 1. The zero-order chi connectivity index (χ0) is 29.1. The van der Waals surface area contributed by atoms with E-state index in [1.54, 1.807) is 0 Å². The summed E-state index contributed by atoms with van der Waals surface area (Å²) in [6.45, 7) is 13.7. The number of aryl methyl sites for hydroxylation is 1. The molecule has 4 heteroatoms. The van der Waals surface area contributed by atoms with Crippen LogP contribution in [0.5, 0.6) is 0 Å². The van der Waals surface area contributed by atoms with Crippen molar-refractivity contribution in [1.29, 1.82) is 0 Å². The highest BCUT2D eigenvalue weighted by atomic mass is 16.3. The van der Waals surface area contributed by atoms with Crippen LogP contribution in [-0.4, -0.2) is 34.3 Å². The molecule has 0 spiro atoms. The second-order valence-corrected chi connectivity index (χ2v) is 12.0. The van der Waals surface area contributed by atoms with E-state index in [9.17, 15) is 9.90 Å². The molecule has 0 atom stereocenters. The van der Waals surface area contributed by atoms with E-state index in [2.05, 4.69) is 105 Å². The predicted molar refractivity (Wildman–Crippen MR) is 170 cm³/mol. The first-order valence-electron chi connectivity index (χ1n) is 15.1. The van der Waals surface area contributed by atoms with Gasteiger partial charge in [0.25, 0.3) is 0 Å². The Balaban J connectivity index is 1.48. The highest BCUT2D eigenvalue weighted by molar-refractivity contribution is 6.40. The average molecular weight is 548 g/mol. The molecule has 0 aromatic heterocycles. The topological polar surface area (TPSA) is 43.5 Å². The largest absolute Gasteiger partial charge is 0.506 e. The van der Waals surface area contributed by atoms with Gasteiger partial charge in [-0.3, -0.25) is 4.79 Å². The van der Waals surface area contributed by atoms with Crippen molar-refractivity contribution in [2.75, 3.05) is 18.0 Å². The van der Waals surface area contributed by atoms with Crippen molar-refractivity contribution in [3.8, 4) is 0 Å². The number of carbonyl (C=O) groups excluding carboxylic acids is 1. The summed E-state index contributed by atoms with van der Waals surface area (Å²) in [7, 11) is 0. The van der Waals surface area contributed by atoms with Crippen LogP contribution in [-0.2, 0) is 16.8 Å². The van der Waals surface area contributed by atoms with Crippen LogP contribution in [0.3, 0.4) is 0 Å². The van der Waals surface area contributed by atoms with Crippen LogP contribution in [0.4, 0.5) is 11.4 Å². The number of Topliss-reactive ketones (excluding diaryl/α,β-unsaturated/α-hetero) is 1. The maximum atomic E-state index is 13.5. The molecule has 2 aliphatic rings. The Morgan fingerprint density at radius 1 is 0.878 bits per heavy atom. The van der Waals surface area contributed by atoms with Crippen molar-refractivity contribution in [3.63, 3.8) is 0 Å². The molecule has 1 aliphatic carbocycles. The molecule has 3 aromatic rings. The van der Waals surface area contributed by atoms with Gasteiger partial charge in [0.1, 0.15) is 5.76 Å².